The Hall–Kier alpha value is -1.16. The molecule has 1 aliphatic rings. The van der Waals surface area contributed by atoms with Crippen LogP contribution >= 0.6 is 15.9 Å². The first kappa shape index (κ1) is 13.8. The van der Waals surface area contributed by atoms with Crippen molar-refractivity contribution in [1.82, 2.24) is 5.32 Å². The molecule has 0 fully saturated rings. The van der Waals surface area contributed by atoms with E-state index in [1.165, 1.54) is 16.7 Å². The van der Waals surface area contributed by atoms with Gasteiger partial charge in [0.15, 0.2) is 0 Å². The third-order valence-corrected chi connectivity index (χ3v) is 4.27. The predicted octanol–water partition coefficient (Wildman–Crippen LogP) is 4.37. The number of ether oxygens (including phenoxy) is 1. The zero-order chi connectivity index (χ0) is 13.9. The number of rotatable bonds is 3. The second-order valence-electron chi connectivity index (χ2n) is 5.21. The number of benzene rings is 2. The lowest BCUT2D eigenvalue weighted by atomic mass is 9.97. The van der Waals surface area contributed by atoms with Gasteiger partial charge in [0.05, 0.1) is 19.3 Å². The van der Waals surface area contributed by atoms with E-state index in [0.717, 1.165) is 17.7 Å². The van der Waals surface area contributed by atoms with E-state index in [1.54, 1.807) is 0 Å². The maximum atomic E-state index is 5.70. The fourth-order valence-corrected chi connectivity index (χ4v) is 3.11. The summed E-state index contributed by atoms with van der Waals surface area (Å²) in [6.07, 6.45) is 0. The van der Waals surface area contributed by atoms with Gasteiger partial charge >= 0.3 is 0 Å². The van der Waals surface area contributed by atoms with Crippen LogP contribution in [-0.2, 0) is 11.3 Å². The Kier molecular flexibility index (Phi) is 4.20. The summed E-state index contributed by atoms with van der Waals surface area (Å²) in [5.41, 5.74) is 3.93. The minimum Gasteiger partial charge on any atom is -0.375 e. The quantitative estimate of drug-likeness (QED) is 0.901. The SMILES string of the molecule is C[C@H](NC1COCc2ccccc21)c1cccc(Br)c1. The largest absolute Gasteiger partial charge is 0.375 e. The molecule has 0 spiro atoms. The summed E-state index contributed by atoms with van der Waals surface area (Å²) >= 11 is 3.53. The van der Waals surface area contributed by atoms with Gasteiger partial charge in [-0.3, -0.25) is 0 Å². The summed E-state index contributed by atoms with van der Waals surface area (Å²) in [5.74, 6) is 0. The molecule has 20 heavy (non-hydrogen) atoms. The Labute approximate surface area is 128 Å². The highest BCUT2D eigenvalue weighted by Gasteiger charge is 2.22. The van der Waals surface area contributed by atoms with Crippen molar-refractivity contribution in [2.45, 2.75) is 25.6 Å². The fraction of sp³-hybridized carbons (Fsp3) is 0.294. The number of hydrogen-bond acceptors (Lipinski definition) is 2. The second kappa shape index (κ2) is 6.08. The molecule has 2 nitrogen and oxygen atoms in total. The summed E-state index contributed by atoms with van der Waals surface area (Å²) in [5, 5.41) is 3.67. The van der Waals surface area contributed by atoms with Crippen LogP contribution in [0, 0.1) is 0 Å². The van der Waals surface area contributed by atoms with Crippen LogP contribution in [0.2, 0.25) is 0 Å². The van der Waals surface area contributed by atoms with Crippen LogP contribution in [0.1, 0.15) is 35.7 Å². The van der Waals surface area contributed by atoms with Crippen molar-refractivity contribution in [3.63, 3.8) is 0 Å². The molecule has 0 aromatic heterocycles. The van der Waals surface area contributed by atoms with Gasteiger partial charge in [-0.25, -0.2) is 0 Å². The maximum absolute atomic E-state index is 5.70. The molecular formula is C17H18BrNO. The van der Waals surface area contributed by atoms with Gasteiger partial charge in [0.25, 0.3) is 0 Å². The highest BCUT2D eigenvalue weighted by atomic mass is 79.9. The molecule has 0 saturated carbocycles. The molecule has 0 bridgehead atoms. The van der Waals surface area contributed by atoms with Crippen molar-refractivity contribution in [2.75, 3.05) is 6.61 Å². The molecule has 1 aliphatic heterocycles. The molecule has 1 heterocycles. The number of halogens is 1. The van der Waals surface area contributed by atoms with Gasteiger partial charge in [-0.1, -0.05) is 52.3 Å². The average Bonchev–Trinajstić information content (AvgIpc) is 2.47. The van der Waals surface area contributed by atoms with E-state index >= 15 is 0 Å². The van der Waals surface area contributed by atoms with Gasteiger partial charge in [-0.15, -0.1) is 0 Å². The van der Waals surface area contributed by atoms with Gasteiger partial charge in [0.2, 0.25) is 0 Å². The lowest BCUT2D eigenvalue weighted by molar-refractivity contribution is 0.0791. The summed E-state index contributed by atoms with van der Waals surface area (Å²) in [4.78, 5) is 0. The van der Waals surface area contributed by atoms with Gasteiger partial charge < -0.3 is 10.1 Å². The van der Waals surface area contributed by atoms with Crippen molar-refractivity contribution in [2.24, 2.45) is 0 Å². The lowest BCUT2D eigenvalue weighted by Gasteiger charge is -2.29. The van der Waals surface area contributed by atoms with Crippen LogP contribution < -0.4 is 5.32 Å². The van der Waals surface area contributed by atoms with E-state index in [4.69, 9.17) is 4.74 Å². The topological polar surface area (TPSA) is 21.3 Å². The minimum atomic E-state index is 0.258. The molecule has 2 atom stereocenters. The van der Waals surface area contributed by atoms with E-state index in [1.807, 2.05) is 0 Å². The second-order valence-corrected chi connectivity index (χ2v) is 6.13. The monoisotopic (exact) mass is 331 g/mol. The first-order valence-corrected chi connectivity index (χ1v) is 7.70. The van der Waals surface area contributed by atoms with Gasteiger partial charge in [-0.05, 0) is 35.7 Å². The predicted molar refractivity (Wildman–Crippen MR) is 84.5 cm³/mol. The van der Waals surface area contributed by atoms with Crippen molar-refractivity contribution in [3.8, 4) is 0 Å². The van der Waals surface area contributed by atoms with Gasteiger partial charge in [-0.2, -0.15) is 0 Å². The Morgan fingerprint density at radius 1 is 1.20 bits per heavy atom. The minimum absolute atomic E-state index is 0.258. The van der Waals surface area contributed by atoms with Crippen molar-refractivity contribution in [3.05, 3.63) is 69.7 Å². The molecule has 0 saturated heterocycles. The average molecular weight is 332 g/mol. The standard InChI is InChI=1S/C17H18BrNO/c1-12(13-6-4-7-15(18)9-13)19-17-11-20-10-14-5-2-3-8-16(14)17/h2-9,12,17,19H,10-11H2,1H3/t12-,17?/m0/s1. The van der Waals surface area contributed by atoms with Gasteiger partial charge in [0.1, 0.15) is 0 Å². The molecule has 0 amide bonds. The molecule has 3 rings (SSSR count). The summed E-state index contributed by atoms with van der Waals surface area (Å²) in [6.45, 7) is 3.65. The molecular weight excluding hydrogens is 314 g/mol. The van der Waals surface area contributed by atoms with Crippen LogP contribution in [0.4, 0.5) is 0 Å². The van der Waals surface area contributed by atoms with Crippen LogP contribution in [0.3, 0.4) is 0 Å². The van der Waals surface area contributed by atoms with Gasteiger partial charge in [0, 0.05) is 10.5 Å². The lowest BCUT2D eigenvalue weighted by Crippen LogP contribution is -2.31. The summed E-state index contributed by atoms with van der Waals surface area (Å²) in [6, 6.07) is 17.5. The Balaban J connectivity index is 1.79. The Morgan fingerprint density at radius 2 is 2.05 bits per heavy atom. The summed E-state index contributed by atoms with van der Waals surface area (Å²) < 4.78 is 6.81. The van der Waals surface area contributed by atoms with E-state index < -0.39 is 0 Å². The van der Waals surface area contributed by atoms with E-state index in [0.29, 0.717) is 0 Å². The number of fused-ring (bicyclic) bond motifs is 1. The van der Waals surface area contributed by atoms with E-state index in [-0.39, 0.29) is 12.1 Å². The maximum Gasteiger partial charge on any atom is 0.0721 e. The van der Waals surface area contributed by atoms with Crippen molar-refractivity contribution in [1.29, 1.82) is 0 Å². The Morgan fingerprint density at radius 3 is 2.90 bits per heavy atom. The zero-order valence-corrected chi connectivity index (χ0v) is 13.1. The number of nitrogens with one attached hydrogen (secondary N) is 1. The molecule has 0 aliphatic carbocycles. The van der Waals surface area contributed by atoms with E-state index in [9.17, 15) is 0 Å². The van der Waals surface area contributed by atoms with Crippen molar-refractivity contribution >= 4 is 15.9 Å². The Bertz CT molecular complexity index is 599. The number of hydrogen-bond donors (Lipinski definition) is 1. The third kappa shape index (κ3) is 2.95. The van der Waals surface area contributed by atoms with Crippen LogP contribution in [0.25, 0.3) is 0 Å². The molecule has 3 heteroatoms. The highest BCUT2D eigenvalue weighted by molar-refractivity contribution is 9.10. The third-order valence-electron chi connectivity index (χ3n) is 3.77. The first-order chi connectivity index (χ1) is 9.74. The molecule has 2 aromatic carbocycles. The van der Waals surface area contributed by atoms with E-state index in [2.05, 4.69) is 76.7 Å². The first-order valence-electron chi connectivity index (χ1n) is 6.91. The normalized spacial score (nSPS) is 19.4. The molecule has 0 radical (unpaired) electrons. The van der Waals surface area contributed by atoms with Crippen LogP contribution in [0.15, 0.2) is 53.0 Å². The molecule has 1 N–H and O–H groups in total. The molecule has 2 aromatic rings. The smallest absolute Gasteiger partial charge is 0.0721 e. The van der Waals surface area contributed by atoms with Crippen LogP contribution in [0.5, 0.6) is 0 Å². The molecule has 104 valence electrons. The fourth-order valence-electron chi connectivity index (χ4n) is 2.69. The van der Waals surface area contributed by atoms with Crippen molar-refractivity contribution < 1.29 is 4.74 Å². The highest BCUT2D eigenvalue weighted by Crippen LogP contribution is 2.27. The molecule has 1 unspecified atom stereocenters. The summed E-state index contributed by atoms with van der Waals surface area (Å²) in [7, 11) is 0. The van der Waals surface area contributed by atoms with Crippen LogP contribution in [-0.4, -0.2) is 6.61 Å². The zero-order valence-electron chi connectivity index (χ0n) is 11.5.